The minimum atomic E-state index is -0.182. The molecule has 172 valence electrons. The number of aromatic hydroxyl groups is 1. The van der Waals surface area contributed by atoms with Crippen molar-refractivity contribution in [2.75, 3.05) is 0 Å². The lowest BCUT2D eigenvalue weighted by molar-refractivity contribution is 0.423. The fourth-order valence-electron chi connectivity index (χ4n) is 3.78. The van der Waals surface area contributed by atoms with E-state index in [1.807, 2.05) is 13.8 Å². The van der Waals surface area contributed by atoms with Crippen LogP contribution in [0.15, 0.2) is 34.7 Å². The molecular weight excluding hydrogens is 436 g/mol. The number of benzene rings is 1. The van der Waals surface area contributed by atoms with Gasteiger partial charge in [0.15, 0.2) is 5.16 Å². The largest absolute Gasteiger partial charge is 0.507 e. The Labute approximate surface area is 199 Å². The number of phenolic OH excluding ortho intramolecular Hbond substituents is 1. The molecule has 0 atom stereocenters. The smallest absolute Gasteiger partial charge is 0.263 e. The minimum absolute atomic E-state index is 0.00397. The van der Waals surface area contributed by atoms with Crippen molar-refractivity contribution in [3.63, 3.8) is 0 Å². The van der Waals surface area contributed by atoms with Crippen LogP contribution < -0.4 is 5.56 Å². The van der Waals surface area contributed by atoms with Crippen LogP contribution in [0, 0.1) is 13.8 Å². The van der Waals surface area contributed by atoms with Gasteiger partial charge in [0.05, 0.1) is 5.39 Å². The Bertz CT molecular complexity index is 1200. The lowest BCUT2D eigenvalue weighted by Gasteiger charge is -2.28. The van der Waals surface area contributed by atoms with Gasteiger partial charge in [-0.3, -0.25) is 9.36 Å². The maximum atomic E-state index is 13.2. The first-order valence-electron chi connectivity index (χ1n) is 10.9. The molecule has 0 radical (unpaired) electrons. The van der Waals surface area contributed by atoms with E-state index in [4.69, 9.17) is 4.98 Å². The van der Waals surface area contributed by atoms with Gasteiger partial charge in [0, 0.05) is 17.2 Å². The van der Waals surface area contributed by atoms with Crippen molar-refractivity contribution >= 4 is 33.3 Å². The molecule has 0 saturated heterocycles. The van der Waals surface area contributed by atoms with Gasteiger partial charge in [0.25, 0.3) is 5.56 Å². The molecule has 0 amide bonds. The molecular formula is C26H34N2O2S2. The molecule has 0 bridgehead atoms. The molecule has 32 heavy (non-hydrogen) atoms. The van der Waals surface area contributed by atoms with E-state index in [1.54, 1.807) is 33.7 Å². The van der Waals surface area contributed by atoms with Crippen LogP contribution in [0.4, 0.5) is 0 Å². The summed E-state index contributed by atoms with van der Waals surface area (Å²) in [6, 6.07) is 4.18. The molecule has 2 heterocycles. The fourth-order valence-corrected chi connectivity index (χ4v) is 5.79. The Morgan fingerprint density at radius 3 is 2.19 bits per heavy atom. The van der Waals surface area contributed by atoms with Crippen molar-refractivity contribution in [1.82, 2.24) is 9.55 Å². The zero-order chi connectivity index (χ0) is 24.0. The first kappa shape index (κ1) is 24.6. The summed E-state index contributed by atoms with van der Waals surface area (Å²) in [5.41, 5.74) is 3.64. The van der Waals surface area contributed by atoms with Crippen LogP contribution in [0.2, 0.25) is 0 Å². The van der Waals surface area contributed by atoms with E-state index in [-0.39, 0.29) is 16.4 Å². The first-order chi connectivity index (χ1) is 14.8. The Morgan fingerprint density at radius 1 is 1.12 bits per heavy atom. The molecule has 3 aromatic rings. The van der Waals surface area contributed by atoms with Crippen molar-refractivity contribution < 1.29 is 5.11 Å². The van der Waals surface area contributed by atoms with E-state index in [0.717, 1.165) is 32.0 Å². The molecule has 4 nitrogen and oxygen atoms in total. The van der Waals surface area contributed by atoms with Crippen molar-refractivity contribution in [2.24, 2.45) is 0 Å². The second-order valence-corrected chi connectivity index (χ2v) is 12.5. The van der Waals surface area contributed by atoms with E-state index in [2.05, 4.69) is 60.3 Å². The molecule has 2 aromatic heterocycles. The predicted octanol–water partition coefficient (Wildman–Crippen LogP) is 6.85. The summed E-state index contributed by atoms with van der Waals surface area (Å²) in [6.45, 7) is 21.0. The molecule has 1 N–H and O–H groups in total. The maximum Gasteiger partial charge on any atom is 0.263 e. The quantitative estimate of drug-likeness (QED) is 0.252. The maximum absolute atomic E-state index is 13.2. The fraction of sp³-hybridized carbons (Fsp3) is 0.462. The number of nitrogens with zero attached hydrogens (tertiary/aromatic N) is 2. The average Bonchev–Trinajstić information content (AvgIpc) is 2.95. The summed E-state index contributed by atoms with van der Waals surface area (Å²) in [5.74, 6) is 1.04. The molecule has 0 saturated carbocycles. The van der Waals surface area contributed by atoms with Crippen LogP contribution in [0.1, 0.15) is 68.7 Å². The van der Waals surface area contributed by atoms with Crippen LogP contribution >= 0.6 is 23.1 Å². The van der Waals surface area contributed by atoms with Gasteiger partial charge >= 0.3 is 0 Å². The number of allylic oxidation sites excluding steroid dienone is 1. The minimum Gasteiger partial charge on any atom is -0.507 e. The van der Waals surface area contributed by atoms with Gasteiger partial charge in [0.2, 0.25) is 0 Å². The second kappa shape index (κ2) is 8.71. The normalized spacial score (nSPS) is 12.5. The molecule has 3 rings (SSSR count). The summed E-state index contributed by atoms with van der Waals surface area (Å²) in [5, 5.41) is 12.4. The number of aromatic nitrogens is 2. The van der Waals surface area contributed by atoms with Gasteiger partial charge < -0.3 is 5.11 Å². The van der Waals surface area contributed by atoms with Gasteiger partial charge in [-0.25, -0.2) is 4.98 Å². The van der Waals surface area contributed by atoms with Gasteiger partial charge in [0.1, 0.15) is 10.6 Å². The summed E-state index contributed by atoms with van der Waals surface area (Å²) < 4.78 is 1.72. The third kappa shape index (κ3) is 4.67. The highest BCUT2D eigenvalue weighted by Gasteiger charge is 2.26. The summed E-state index contributed by atoms with van der Waals surface area (Å²) in [6.07, 6.45) is 1.74. The van der Waals surface area contributed by atoms with Crippen molar-refractivity contribution in [3.8, 4) is 5.75 Å². The number of fused-ring (bicyclic) bond motifs is 1. The summed E-state index contributed by atoms with van der Waals surface area (Å²) in [4.78, 5) is 20.0. The van der Waals surface area contributed by atoms with Gasteiger partial charge in [-0.1, -0.05) is 71.5 Å². The zero-order valence-corrected chi connectivity index (χ0v) is 22.1. The van der Waals surface area contributed by atoms with Gasteiger partial charge in [-0.2, -0.15) is 0 Å². The highest BCUT2D eigenvalue weighted by atomic mass is 32.2. The van der Waals surface area contributed by atoms with E-state index >= 15 is 0 Å². The molecule has 0 fully saturated rings. The van der Waals surface area contributed by atoms with Crippen LogP contribution in [0.3, 0.4) is 0 Å². The molecule has 0 aliphatic rings. The SMILES string of the molecule is C=CCn1c(SCc2cc(C(C)(C)C)c(O)c(C(C)(C)C)c2)nc2sc(C)c(C)c2c1=O. The molecule has 1 aromatic carbocycles. The van der Waals surface area contributed by atoms with Crippen molar-refractivity contribution in [3.05, 3.63) is 62.3 Å². The number of thioether (sulfide) groups is 1. The molecule has 0 unspecified atom stereocenters. The topological polar surface area (TPSA) is 55.1 Å². The van der Waals surface area contributed by atoms with E-state index in [9.17, 15) is 9.90 Å². The average molecular weight is 471 g/mol. The Kier molecular flexibility index (Phi) is 6.69. The Morgan fingerprint density at radius 2 is 1.69 bits per heavy atom. The molecule has 6 heteroatoms. The third-order valence-corrected chi connectivity index (χ3v) is 7.87. The highest BCUT2D eigenvalue weighted by Crippen LogP contribution is 2.41. The lowest BCUT2D eigenvalue weighted by atomic mass is 9.78. The van der Waals surface area contributed by atoms with Crippen LogP contribution in [-0.2, 0) is 23.1 Å². The Hall–Kier alpha value is -2.05. The number of hydrogen-bond donors (Lipinski definition) is 1. The number of rotatable bonds is 5. The number of thiophene rings is 1. The van der Waals surface area contributed by atoms with Crippen molar-refractivity contribution in [1.29, 1.82) is 0 Å². The van der Waals surface area contributed by atoms with E-state index in [1.165, 1.54) is 0 Å². The first-order valence-corrected chi connectivity index (χ1v) is 12.7. The number of phenols is 1. The van der Waals surface area contributed by atoms with Crippen LogP contribution in [0.25, 0.3) is 10.2 Å². The highest BCUT2D eigenvalue weighted by molar-refractivity contribution is 7.98. The van der Waals surface area contributed by atoms with Crippen LogP contribution in [-0.4, -0.2) is 14.7 Å². The second-order valence-electron chi connectivity index (χ2n) is 10.4. The van der Waals surface area contributed by atoms with Gasteiger partial charge in [-0.15, -0.1) is 17.9 Å². The zero-order valence-electron chi connectivity index (χ0n) is 20.4. The molecule has 0 spiro atoms. The molecule has 0 aliphatic heterocycles. The predicted molar refractivity (Wildman–Crippen MR) is 139 cm³/mol. The standard InChI is InChI=1S/C26H34N2O2S2/c1-10-11-28-23(30)20-15(2)16(3)32-22(20)27-24(28)31-14-17-12-18(25(4,5)6)21(29)19(13-17)26(7,8)9/h10,12-13,29H,1,11,14H2,2-9H3. The summed E-state index contributed by atoms with van der Waals surface area (Å²) >= 11 is 3.13. The number of hydrogen-bond acceptors (Lipinski definition) is 5. The monoisotopic (exact) mass is 470 g/mol. The van der Waals surface area contributed by atoms with E-state index < -0.39 is 0 Å². The summed E-state index contributed by atoms with van der Waals surface area (Å²) in [7, 11) is 0. The van der Waals surface area contributed by atoms with Crippen molar-refractivity contribution in [2.45, 2.75) is 83.7 Å². The van der Waals surface area contributed by atoms with Crippen LogP contribution in [0.5, 0.6) is 5.75 Å². The Balaban J connectivity index is 2.09. The third-order valence-electron chi connectivity index (χ3n) is 5.72. The molecule has 0 aliphatic carbocycles. The number of aryl methyl sites for hydroxylation is 2. The lowest BCUT2D eigenvalue weighted by Crippen LogP contribution is -2.22. The van der Waals surface area contributed by atoms with Gasteiger partial charge in [-0.05, 0) is 46.9 Å². The van der Waals surface area contributed by atoms with E-state index in [0.29, 0.717) is 28.6 Å².